The van der Waals surface area contributed by atoms with Crippen molar-refractivity contribution in [1.82, 2.24) is 9.97 Å². The number of hydrogen-bond acceptors (Lipinski definition) is 3. The highest BCUT2D eigenvalue weighted by Gasteiger charge is 2.35. The molecule has 1 aromatic heterocycles. The van der Waals surface area contributed by atoms with Gasteiger partial charge in [0.2, 0.25) is 5.82 Å². The fraction of sp³-hybridized carbons (Fsp3) is 0.0667. The predicted molar refractivity (Wildman–Crippen MR) is 82.0 cm³/mol. The molecule has 1 heterocycles. The summed E-state index contributed by atoms with van der Waals surface area (Å²) in [6.07, 6.45) is -4.60. The number of anilines is 2. The van der Waals surface area contributed by atoms with E-state index in [4.69, 9.17) is 0 Å². The molecule has 2 aromatic carbocycles. The number of fused-ring (bicyclic) bond motifs is 1. The van der Waals surface area contributed by atoms with Crippen LogP contribution in [-0.2, 0) is 6.18 Å². The first-order valence-corrected chi connectivity index (χ1v) is 7.09. The summed E-state index contributed by atoms with van der Waals surface area (Å²) in [5.74, 6) is -1.04. The minimum absolute atomic E-state index is 0.125. The zero-order chi connectivity index (χ0) is 15.7. The molecular weight excluding hydrogens is 359 g/mol. The fourth-order valence-corrected chi connectivity index (χ4v) is 2.23. The molecule has 3 nitrogen and oxygen atoms in total. The highest BCUT2D eigenvalue weighted by molar-refractivity contribution is 9.10. The van der Waals surface area contributed by atoms with Gasteiger partial charge in [-0.25, -0.2) is 9.97 Å². The summed E-state index contributed by atoms with van der Waals surface area (Å²) in [6.45, 7) is 0. The lowest BCUT2D eigenvalue weighted by Crippen LogP contribution is -2.12. The van der Waals surface area contributed by atoms with Gasteiger partial charge in [-0.1, -0.05) is 28.1 Å². The van der Waals surface area contributed by atoms with E-state index in [1.54, 1.807) is 42.5 Å². The third-order valence-corrected chi connectivity index (χ3v) is 3.49. The number of aromatic nitrogens is 2. The Hall–Kier alpha value is -2.15. The van der Waals surface area contributed by atoms with Gasteiger partial charge in [0.15, 0.2) is 0 Å². The van der Waals surface area contributed by atoms with Crippen LogP contribution in [0.1, 0.15) is 5.82 Å². The average molecular weight is 368 g/mol. The largest absolute Gasteiger partial charge is 0.451 e. The maximum atomic E-state index is 12.9. The average Bonchev–Trinajstić information content (AvgIpc) is 2.48. The van der Waals surface area contributed by atoms with Crippen molar-refractivity contribution >= 4 is 38.3 Å². The lowest BCUT2D eigenvalue weighted by atomic mass is 10.2. The second kappa shape index (κ2) is 5.57. The summed E-state index contributed by atoms with van der Waals surface area (Å²) in [7, 11) is 0. The van der Waals surface area contributed by atoms with Crippen molar-refractivity contribution in [2.24, 2.45) is 0 Å². The summed E-state index contributed by atoms with van der Waals surface area (Å²) in [6, 6.07) is 13.6. The number of rotatable bonds is 2. The van der Waals surface area contributed by atoms with Crippen LogP contribution in [0.3, 0.4) is 0 Å². The Labute approximate surface area is 132 Å². The van der Waals surface area contributed by atoms with Crippen molar-refractivity contribution in [3.8, 4) is 0 Å². The summed E-state index contributed by atoms with van der Waals surface area (Å²) >= 11 is 3.31. The molecule has 0 spiro atoms. The molecule has 3 aromatic rings. The minimum Gasteiger partial charge on any atom is -0.340 e. The lowest BCUT2D eigenvalue weighted by Gasteiger charge is -2.12. The SMILES string of the molecule is FC(F)(F)c1nc(Nc2ccc(Br)cc2)c2ccccc2n1. The van der Waals surface area contributed by atoms with Crippen LogP contribution in [0.5, 0.6) is 0 Å². The first-order chi connectivity index (χ1) is 10.4. The summed E-state index contributed by atoms with van der Waals surface area (Å²) in [5, 5.41) is 3.44. The van der Waals surface area contributed by atoms with Crippen molar-refractivity contribution < 1.29 is 13.2 Å². The number of hydrogen-bond donors (Lipinski definition) is 1. The summed E-state index contributed by atoms with van der Waals surface area (Å²) in [5.41, 5.74) is 0.879. The van der Waals surface area contributed by atoms with E-state index in [0.717, 1.165) is 4.47 Å². The Morgan fingerprint density at radius 3 is 2.27 bits per heavy atom. The van der Waals surface area contributed by atoms with E-state index in [9.17, 15) is 13.2 Å². The molecule has 1 N–H and O–H groups in total. The smallest absolute Gasteiger partial charge is 0.340 e. The fourth-order valence-electron chi connectivity index (χ4n) is 1.97. The van der Waals surface area contributed by atoms with Gasteiger partial charge in [-0.2, -0.15) is 13.2 Å². The molecule has 0 unspecified atom stereocenters. The maximum Gasteiger partial charge on any atom is 0.451 e. The van der Waals surface area contributed by atoms with Crippen molar-refractivity contribution in [2.45, 2.75) is 6.18 Å². The normalized spacial score (nSPS) is 11.6. The van der Waals surface area contributed by atoms with E-state index in [2.05, 4.69) is 31.2 Å². The molecule has 7 heteroatoms. The quantitative estimate of drug-likeness (QED) is 0.680. The van der Waals surface area contributed by atoms with E-state index in [0.29, 0.717) is 11.1 Å². The highest BCUT2D eigenvalue weighted by atomic mass is 79.9. The van der Waals surface area contributed by atoms with Crippen molar-refractivity contribution in [2.75, 3.05) is 5.32 Å². The van der Waals surface area contributed by atoms with Gasteiger partial charge in [-0.15, -0.1) is 0 Å². The van der Waals surface area contributed by atoms with Gasteiger partial charge in [0.25, 0.3) is 0 Å². The van der Waals surface area contributed by atoms with Crippen LogP contribution in [0.2, 0.25) is 0 Å². The van der Waals surface area contributed by atoms with Crippen LogP contribution in [-0.4, -0.2) is 9.97 Å². The van der Waals surface area contributed by atoms with Gasteiger partial charge in [0.05, 0.1) is 5.52 Å². The lowest BCUT2D eigenvalue weighted by molar-refractivity contribution is -0.144. The molecule has 0 bridgehead atoms. The van der Waals surface area contributed by atoms with Crippen LogP contribution in [0.4, 0.5) is 24.7 Å². The van der Waals surface area contributed by atoms with Crippen LogP contribution >= 0.6 is 15.9 Å². The van der Waals surface area contributed by atoms with Crippen molar-refractivity contribution in [1.29, 1.82) is 0 Å². The third-order valence-electron chi connectivity index (χ3n) is 2.96. The van der Waals surface area contributed by atoms with Gasteiger partial charge in [0, 0.05) is 15.5 Å². The molecule has 3 rings (SSSR count). The van der Waals surface area contributed by atoms with Crippen molar-refractivity contribution in [3.05, 3.63) is 58.8 Å². The van der Waals surface area contributed by atoms with Crippen LogP contribution in [0, 0.1) is 0 Å². The maximum absolute atomic E-state index is 12.9. The molecule has 112 valence electrons. The van der Waals surface area contributed by atoms with Crippen LogP contribution in [0.15, 0.2) is 53.0 Å². The Kier molecular flexibility index (Phi) is 3.74. The predicted octanol–water partition coefficient (Wildman–Crippen LogP) is 5.15. The summed E-state index contributed by atoms with van der Waals surface area (Å²) < 4.78 is 39.7. The van der Waals surface area contributed by atoms with Crippen LogP contribution < -0.4 is 5.32 Å². The molecule has 0 radical (unpaired) electrons. The topological polar surface area (TPSA) is 37.8 Å². The zero-order valence-corrected chi connectivity index (χ0v) is 12.6. The van der Waals surface area contributed by atoms with E-state index in [-0.39, 0.29) is 11.3 Å². The second-order valence-electron chi connectivity index (χ2n) is 4.54. The Morgan fingerprint density at radius 1 is 0.909 bits per heavy atom. The van der Waals surface area contributed by atoms with E-state index in [1.165, 1.54) is 6.07 Å². The number of para-hydroxylation sites is 1. The minimum atomic E-state index is -4.60. The zero-order valence-electron chi connectivity index (χ0n) is 11.0. The highest BCUT2D eigenvalue weighted by Crippen LogP contribution is 2.31. The second-order valence-corrected chi connectivity index (χ2v) is 5.46. The van der Waals surface area contributed by atoms with Gasteiger partial charge in [0.1, 0.15) is 5.82 Å². The van der Waals surface area contributed by atoms with Gasteiger partial charge in [-0.05, 0) is 36.4 Å². The van der Waals surface area contributed by atoms with Crippen LogP contribution in [0.25, 0.3) is 10.9 Å². The van der Waals surface area contributed by atoms with Gasteiger partial charge < -0.3 is 5.32 Å². The molecule has 0 atom stereocenters. The number of nitrogens with zero attached hydrogens (tertiary/aromatic N) is 2. The molecule has 22 heavy (non-hydrogen) atoms. The molecular formula is C15H9BrF3N3. The number of alkyl halides is 3. The number of halogens is 4. The van der Waals surface area contributed by atoms with Gasteiger partial charge >= 0.3 is 6.18 Å². The van der Waals surface area contributed by atoms with Gasteiger partial charge in [-0.3, -0.25) is 0 Å². The Morgan fingerprint density at radius 2 is 1.59 bits per heavy atom. The third kappa shape index (κ3) is 3.04. The molecule has 0 amide bonds. The monoisotopic (exact) mass is 367 g/mol. The molecule has 0 saturated heterocycles. The molecule has 0 fully saturated rings. The number of benzene rings is 2. The van der Waals surface area contributed by atoms with Crippen molar-refractivity contribution in [3.63, 3.8) is 0 Å². The molecule has 0 aliphatic rings. The standard InChI is InChI=1S/C15H9BrF3N3/c16-9-5-7-10(8-6-9)20-13-11-3-1-2-4-12(11)21-14(22-13)15(17,18)19/h1-8H,(H,20,21,22). The first kappa shape index (κ1) is 14.8. The molecule has 0 saturated carbocycles. The molecule has 0 aliphatic heterocycles. The van der Waals surface area contributed by atoms with E-state index in [1.807, 2.05) is 0 Å². The Bertz CT molecular complexity index is 816. The van der Waals surface area contributed by atoms with E-state index < -0.39 is 12.0 Å². The Balaban J connectivity index is 2.12. The first-order valence-electron chi connectivity index (χ1n) is 6.30. The molecule has 0 aliphatic carbocycles. The summed E-state index contributed by atoms with van der Waals surface area (Å²) in [4.78, 5) is 7.21. The number of nitrogens with one attached hydrogen (secondary N) is 1. The van der Waals surface area contributed by atoms with E-state index >= 15 is 0 Å².